The van der Waals surface area contributed by atoms with Gasteiger partial charge in [-0.1, -0.05) is 29.8 Å². The third kappa shape index (κ3) is 4.87. The lowest BCUT2D eigenvalue weighted by atomic mass is 10.2. The molecular formula is C12H14ClNO3. The first-order valence-electron chi connectivity index (χ1n) is 5.28. The van der Waals surface area contributed by atoms with Gasteiger partial charge in [-0.25, -0.2) is 0 Å². The molecule has 1 fully saturated rings. The lowest BCUT2D eigenvalue weighted by Gasteiger charge is -2.05. The number of carbonyl (C=O) groups excluding carboxylic acids is 1. The molecule has 0 unspecified atom stereocenters. The Morgan fingerprint density at radius 2 is 2.06 bits per heavy atom. The third-order valence-electron chi connectivity index (χ3n) is 2.36. The van der Waals surface area contributed by atoms with Crippen LogP contribution in [0.25, 0.3) is 0 Å². The smallest absolute Gasteiger partial charge is 0.290 e. The summed E-state index contributed by atoms with van der Waals surface area (Å²) in [5, 5.41) is 10.5. The number of rotatable bonds is 3. The molecule has 0 heterocycles. The molecule has 0 atom stereocenters. The first-order chi connectivity index (χ1) is 8.19. The molecule has 1 amide bonds. The SMILES string of the molecule is O=C(NCc1ccccc1Cl)C1CC1.O=CO. The van der Waals surface area contributed by atoms with Gasteiger partial charge in [-0.05, 0) is 24.5 Å². The van der Waals surface area contributed by atoms with Crippen LogP contribution in [-0.4, -0.2) is 17.5 Å². The van der Waals surface area contributed by atoms with E-state index in [0.29, 0.717) is 11.6 Å². The van der Waals surface area contributed by atoms with Gasteiger partial charge in [0.05, 0.1) is 0 Å². The molecule has 2 rings (SSSR count). The van der Waals surface area contributed by atoms with Gasteiger partial charge in [-0.15, -0.1) is 0 Å². The maximum atomic E-state index is 11.3. The number of benzene rings is 1. The highest BCUT2D eigenvalue weighted by Crippen LogP contribution is 2.28. The Morgan fingerprint density at radius 3 is 2.59 bits per heavy atom. The van der Waals surface area contributed by atoms with E-state index in [1.807, 2.05) is 24.3 Å². The molecule has 0 radical (unpaired) electrons. The maximum absolute atomic E-state index is 11.3. The van der Waals surface area contributed by atoms with Crippen molar-refractivity contribution in [1.82, 2.24) is 5.32 Å². The molecule has 1 saturated carbocycles. The second kappa shape index (κ2) is 6.91. The molecule has 1 aromatic rings. The molecule has 0 spiro atoms. The van der Waals surface area contributed by atoms with E-state index in [4.69, 9.17) is 21.5 Å². The first kappa shape index (κ1) is 13.5. The Hall–Kier alpha value is -1.55. The second-order valence-corrected chi connectivity index (χ2v) is 4.10. The van der Waals surface area contributed by atoms with Gasteiger partial charge in [-0.3, -0.25) is 9.59 Å². The van der Waals surface area contributed by atoms with Crippen LogP contribution >= 0.6 is 11.6 Å². The average Bonchev–Trinajstić information content (AvgIpc) is 3.12. The van der Waals surface area contributed by atoms with Crippen LogP contribution in [0.15, 0.2) is 24.3 Å². The Balaban J connectivity index is 0.000000437. The monoisotopic (exact) mass is 255 g/mol. The van der Waals surface area contributed by atoms with Crippen molar-refractivity contribution in [1.29, 1.82) is 0 Å². The molecule has 92 valence electrons. The lowest BCUT2D eigenvalue weighted by molar-refractivity contribution is -0.123. The van der Waals surface area contributed by atoms with Gasteiger partial charge in [-0.2, -0.15) is 0 Å². The van der Waals surface area contributed by atoms with E-state index in [9.17, 15) is 4.79 Å². The molecule has 5 heteroatoms. The van der Waals surface area contributed by atoms with Crippen molar-refractivity contribution in [2.24, 2.45) is 5.92 Å². The molecular weight excluding hydrogens is 242 g/mol. The fourth-order valence-electron chi connectivity index (χ4n) is 1.31. The second-order valence-electron chi connectivity index (χ2n) is 3.69. The predicted molar refractivity (Wildman–Crippen MR) is 64.7 cm³/mol. The van der Waals surface area contributed by atoms with Crippen LogP contribution < -0.4 is 5.32 Å². The minimum atomic E-state index is -0.250. The third-order valence-corrected chi connectivity index (χ3v) is 2.73. The Labute approximate surface area is 105 Å². The highest BCUT2D eigenvalue weighted by molar-refractivity contribution is 6.31. The number of hydrogen-bond acceptors (Lipinski definition) is 2. The van der Waals surface area contributed by atoms with E-state index in [0.717, 1.165) is 18.4 Å². The van der Waals surface area contributed by atoms with Crippen molar-refractivity contribution in [2.75, 3.05) is 0 Å². The van der Waals surface area contributed by atoms with Gasteiger partial charge in [0, 0.05) is 17.5 Å². The van der Waals surface area contributed by atoms with Gasteiger partial charge < -0.3 is 10.4 Å². The van der Waals surface area contributed by atoms with Crippen molar-refractivity contribution in [3.8, 4) is 0 Å². The molecule has 1 aliphatic rings. The topological polar surface area (TPSA) is 66.4 Å². The van der Waals surface area contributed by atoms with Gasteiger partial charge in [0.15, 0.2) is 0 Å². The van der Waals surface area contributed by atoms with E-state index >= 15 is 0 Å². The van der Waals surface area contributed by atoms with E-state index in [2.05, 4.69) is 5.32 Å². The zero-order chi connectivity index (χ0) is 12.7. The highest BCUT2D eigenvalue weighted by Gasteiger charge is 2.29. The summed E-state index contributed by atoms with van der Waals surface area (Å²) in [6.45, 7) is 0.287. The zero-order valence-electron chi connectivity index (χ0n) is 9.23. The summed E-state index contributed by atoms with van der Waals surface area (Å²) in [7, 11) is 0. The van der Waals surface area contributed by atoms with E-state index in [1.54, 1.807) is 0 Å². The lowest BCUT2D eigenvalue weighted by Crippen LogP contribution is -2.24. The summed E-state index contributed by atoms with van der Waals surface area (Å²) in [5.41, 5.74) is 0.975. The number of carbonyl (C=O) groups is 2. The van der Waals surface area contributed by atoms with Crippen LogP contribution in [0.3, 0.4) is 0 Å². The minimum absolute atomic E-state index is 0.157. The zero-order valence-corrected chi connectivity index (χ0v) is 9.98. The quantitative estimate of drug-likeness (QED) is 0.813. The number of amides is 1. The normalized spacial score (nSPS) is 13.2. The molecule has 0 saturated heterocycles. The first-order valence-corrected chi connectivity index (χ1v) is 5.65. The molecule has 1 aromatic carbocycles. The van der Waals surface area contributed by atoms with Crippen molar-refractivity contribution in [3.63, 3.8) is 0 Å². The van der Waals surface area contributed by atoms with Crippen molar-refractivity contribution in [2.45, 2.75) is 19.4 Å². The summed E-state index contributed by atoms with van der Waals surface area (Å²) in [5.74, 6) is 0.419. The van der Waals surface area contributed by atoms with Crippen LogP contribution in [0.1, 0.15) is 18.4 Å². The van der Waals surface area contributed by atoms with Gasteiger partial charge in [0.1, 0.15) is 0 Å². The van der Waals surface area contributed by atoms with E-state index in [-0.39, 0.29) is 18.3 Å². The van der Waals surface area contributed by atoms with Crippen molar-refractivity contribution < 1.29 is 14.7 Å². The van der Waals surface area contributed by atoms with Crippen LogP contribution in [0.4, 0.5) is 0 Å². The standard InChI is InChI=1S/C11H12ClNO.CH2O2/c12-10-4-2-1-3-9(10)7-13-11(14)8-5-6-8;2-1-3/h1-4,8H,5-7H2,(H,13,14);1H,(H,2,3). The number of nitrogens with one attached hydrogen (secondary N) is 1. The fraction of sp³-hybridized carbons (Fsp3) is 0.333. The molecule has 4 nitrogen and oxygen atoms in total. The Morgan fingerprint density at radius 1 is 1.47 bits per heavy atom. The fourth-order valence-corrected chi connectivity index (χ4v) is 1.52. The van der Waals surface area contributed by atoms with Gasteiger partial charge in [0.25, 0.3) is 6.47 Å². The van der Waals surface area contributed by atoms with Crippen molar-refractivity contribution in [3.05, 3.63) is 34.9 Å². The number of hydrogen-bond donors (Lipinski definition) is 2. The van der Waals surface area contributed by atoms with Crippen LogP contribution in [-0.2, 0) is 16.1 Å². The molecule has 0 bridgehead atoms. The largest absolute Gasteiger partial charge is 0.483 e. The maximum Gasteiger partial charge on any atom is 0.290 e. The van der Waals surface area contributed by atoms with Crippen LogP contribution in [0.5, 0.6) is 0 Å². The molecule has 0 aromatic heterocycles. The summed E-state index contributed by atoms with van der Waals surface area (Å²) < 4.78 is 0. The molecule has 17 heavy (non-hydrogen) atoms. The minimum Gasteiger partial charge on any atom is -0.483 e. The van der Waals surface area contributed by atoms with E-state index < -0.39 is 0 Å². The van der Waals surface area contributed by atoms with Crippen molar-refractivity contribution >= 4 is 24.0 Å². The van der Waals surface area contributed by atoms with E-state index in [1.165, 1.54) is 0 Å². The van der Waals surface area contributed by atoms with Gasteiger partial charge >= 0.3 is 0 Å². The Kier molecular flexibility index (Phi) is 5.49. The number of carboxylic acid groups (broad SMARTS) is 1. The summed E-state index contributed by atoms with van der Waals surface area (Å²) >= 11 is 5.95. The summed E-state index contributed by atoms with van der Waals surface area (Å²) in [6, 6.07) is 7.56. The summed E-state index contributed by atoms with van der Waals surface area (Å²) in [6.07, 6.45) is 2.07. The average molecular weight is 256 g/mol. The summed E-state index contributed by atoms with van der Waals surface area (Å²) in [4.78, 5) is 19.7. The number of halogens is 1. The Bertz CT molecular complexity index is 391. The predicted octanol–water partition coefficient (Wildman–Crippen LogP) is 2.07. The molecule has 0 aliphatic heterocycles. The van der Waals surface area contributed by atoms with Crippen LogP contribution in [0.2, 0.25) is 5.02 Å². The highest BCUT2D eigenvalue weighted by atomic mass is 35.5. The van der Waals surface area contributed by atoms with Crippen LogP contribution in [0, 0.1) is 5.92 Å². The molecule has 1 aliphatic carbocycles. The molecule has 2 N–H and O–H groups in total. The van der Waals surface area contributed by atoms with Gasteiger partial charge in [0.2, 0.25) is 5.91 Å².